The molecule has 1 aliphatic heterocycles. The Bertz CT molecular complexity index is 319. The molecule has 1 amide bonds. The Morgan fingerprint density at radius 3 is 2.38 bits per heavy atom. The van der Waals surface area contributed by atoms with Crippen LogP contribution in [-0.2, 0) is 4.74 Å². The van der Waals surface area contributed by atoms with Crippen molar-refractivity contribution in [2.24, 2.45) is 5.41 Å². The SMILES string of the molecule is CN(C(=O)OC(C)(C)C)[C@@]12CNC[C@]1(C)C2. The zero-order valence-electron chi connectivity index (χ0n) is 10.9. The molecule has 4 nitrogen and oxygen atoms in total. The molecule has 0 radical (unpaired) electrons. The highest BCUT2D eigenvalue weighted by atomic mass is 16.6. The van der Waals surface area contributed by atoms with Gasteiger partial charge in [0.2, 0.25) is 0 Å². The lowest BCUT2D eigenvalue weighted by molar-refractivity contribution is 0.0181. The molecule has 4 heteroatoms. The Morgan fingerprint density at radius 2 is 2.00 bits per heavy atom. The fourth-order valence-electron chi connectivity index (χ4n) is 2.80. The molecule has 1 saturated carbocycles. The van der Waals surface area contributed by atoms with E-state index in [1.54, 1.807) is 4.90 Å². The summed E-state index contributed by atoms with van der Waals surface area (Å²) in [6.07, 6.45) is 0.878. The van der Waals surface area contributed by atoms with Gasteiger partial charge in [0, 0.05) is 25.6 Å². The van der Waals surface area contributed by atoms with Gasteiger partial charge in [-0.15, -0.1) is 0 Å². The number of piperidine rings is 1. The standard InChI is InChI=1S/C12H22N2O2/c1-10(2,3)16-9(15)14(5)12-6-11(12,4)7-13-8-12/h13H,6-8H2,1-5H3/t11-,12-/m0/s1. The van der Waals surface area contributed by atoms with Crippen LogP contribution in [0.15, 0.2) is 0 Å². The molecule has 1 N–H and O–H groups in total. The summed E-state index contributed by atoms with van der Waals surface area (Å²) < 4.78 is 5.41. The molecule has 1 saturated heterocycles. The predicted molar refractivity (Wildman–Crippen MR) is 62.3 cm³/mol. The van der Waals surface area contributed by atoms with Crippen LogP contribution < -0.4 is 5.32 Å². The lowest BCUT2D eigenvalue weighted by Crippen LogP contribution is -2.46. The van der Waals surface area contributed by atoms with Gasteiger partial charge in [-0.25, -0.2) is 4.79 Å². The van der Waals surface area contributed by atoms with Crippen LogP contribution in [0.2, 0.25) is 0 Å². The van der Waals surface area contributed by atoms with E-state index in [1.807, 2.05) is 27.8 Å². The van der Waals surface area contributed by atoms with E-state index in [0.29, 0.717) is 0 Å². The number of carbonyl (C=O) groups excluding carboxylic acids is 1. The van der Waals surface area contributed by atoms with Gasteiger partial charge in [0.25, 0.3) is 0 Å². The summed E-state index contributed by atoms with van der Waals surface area (Å²) in [6.45, 7) is 9.81. The number of nitrogens with zero attached hydrogens (tertiary/aromatic N) is 1. The maximum absolute atomic E-state index is 12.0. The van der Waals surface area contributed by atoms with Crippen LogP contribution in [0, 0.1) is 5.41 Å². The van der Waals surface area contributed by atoms with Gasteiger partial charge in [-0.05, 0) is 27.2 Å². The van der Waals surface area contributed by atoms with Gasteiger partial charge in [0.1, 0.15) is 5.60 Å². The van der Waals surface area contributed by atoms with Crippen molar-refractivity contribution in [3.63, 3.8) is 0 Å². The van der Waals surface area contributed by atoms with Crippen LogP contribution in [0.4, 0.5) is 4.79 Å². The number of ether oxygens (including phenoxy) is 1. The van der Waals surface area contributed by atoms with Crippen molar-refractivity contribution in [1.82, 2.24) is 10.2 Å². The zero-order chi connectivity index (χ0) is 12.2. The van der Waals surface area contributed by atoms with E-state index in [-0.39, 0.29) is 17.0 Å². The van der Waals surface area contributed by atoms with Gasteiger partial charge in [-0.1, -0.05) is 6.92 Å². The summed E-state index contributed by atoms with van der Waals surface area (Å²) in [5.74, 6) is 0. The Kier molecular flexibility index (Phi) is 2.29. The molecule has 0 aromatic heterocycles. The van der Waals surface area contributed by atoms with Crippen LogP contribution in [0.3, 0.4) is 0 Å². The van der Waals surface area contributed by atoms with Gasteiger partial charge in [0.15, 0.2) is 0 Å². The molecule has 0 spiro atoms. The van der Waals surface area contributed by atoms with Crippen LogP contribution in [0.25, 0.3) is 0 Å². The summed E-state index contributed by atoms with van der Waals surface area (Å²) in [7, 11) is 1.85. The molecule has 16 heavy (non-hydrogen) atoms. The molecule has 2 atom stereocenters. The maximum atomic E-state index is 12.0. The van der Waals surface area contributed by atoms with E-state index in [9.17, 15) is 4.79 Å². The summed E-state index contributed by atoms with van der Waals surface area (Å²) in [5, 5.41) is 3.35. The number of amides is 1. The highest BCUT2D eigenvalue weighted by molar-refractivity contribution is 5.70. The molecule has 1 aliphatic carbocycles. The van der Waals surface area contributed by atoms with E-state index in [2.05, 4.69) is 12.2 Å². The number of hydrogen-bond acceptors (Lipinski definition) is 3. The van der Waals surface area contributed by atoms with E-state index in [1.165, 1.54) is 0 Å². The lowest BCUT2D eigenvalue weighted by atomic mass is 10.1. The van der Waals surface area contributed by atoms with E-state index in [4.69, 9.17) is 4.74 Å². The summed E-state index contributed by atoms with van der Waals surface area (Å²) >= 11 is 0. The van der Waals surface area contributed by atoms with Crippen LogP contribution >= 0.6 is 0 Å². The second-order valence-electron chi connectivity index (χ2n) is 6.41. The van der Waals surface area contributed by atoms with Crippen LogP contribution in [0.5, 0.6) is 0 Å². The first kappa shape index (κ1) is 11.7. The number of carbonyl (C=O) groups is 1. The average Bonchev–Trinajstić information content (AvgIpc) is 2.57. The van der Waals surface area contributed by atoms with Crippen molar-refractivity contribution in [1.29, 1.82) is 0 Å². The van der Waals surface area contributed by atoms with Crippen molar-refractivity contribution in [2.75, 3.05) is 20.1 Å². The second kappa shape index (κ2) is 3.13. The second-order valence-corrected chi connectivity index (χ2v) is 6.41. The van der Waals surface area contributed by atoms with Gasteiger partial charge in [-0.3, -0.25) is 0 Å². The average molecular weight is 226 g/mol. The highest BCUT2D eigenvalue weighted by Gasteiger charge is 2.70. The quantitative estimate of drug-likeness (QED) is 0.738. The fourth-order valence-corrected chi connectivity index (χ4v) is 2.80. The monoisotopic (exact) mass is 226 g/mol. The molecule has 92 valence electrons. The van der Waals surface area contributed by atoms with Gasteiger partial charge in [-0.2, -0.15) is 0 Å². The van der Waals surface area contributed by atoms with E-state index < -0.39 is 5.60 Å². The van der Waals surface area contributed by atoms with E-state index in [0.717, 1.165) is 19.5 Å². The minimum Gasteiger partial charge on any atom is -0.444 e. The molecule has 0 unspecified atom stereocenters. The van der Waals surface area contributed by atoms with Gasteiger partial charge in [0.05, 0.1) is 5.54 Å². The molecular formula is C12H22N2O2. The predicted octanol–water partition coefficient (Wildman–Crippen LogP) is 1.61. The normalized spacial score (nSPS) is 36.8. The van der Waals surface area contributed by atoms with Crippen molar-refractivity contribution >= 4 is 6.09 Å². The summed E-state index contributed by atoms with van der Waals surface area (Å²) in [6, 6.07) is 0. The third kappa shape index (κ3) is 1.59. The molecule has 1 heterocycles. The summed E-state index contributed by atoms with van der Waals surface area (Å²) in [5.41, 5.74) is -0.173. The topological polar surface area (TPSA) is 41.6 Å². The number of rotatable bonds is 1. The first-order valence-electron chi connectivity index (χ1n) is 5.88. The maximum Gasteiger partial charge on any atom is 0.410 e. The zero-order valence-corrected chi connectivity index (χ0v) is 10.9. The van der Waals surface area contributed by atoms with Gasteiger partial charge < -0.3 is 15.0 Å². The molecule has 0 bridgehead atoms. The largest absolute Gasteiger partial charge is 0.444 e. The number of likely N-dealkylation sites (N-methyl/N-ethyl adjacent to an activating group) is 1. The number of nitrogens with one attached hydrogen (secondary N) is 1. The Hall–Kier alpha value is -0.770. The first-order chi connectivity index (χ1) is 7.20. The van der Waals surface area contributed by atoms with Crippen LogP contribution in [0.1, 0.15) is 34.1 Å². The molecule has 2 aliphatic rings. The molecular weight excluding hydrogens is 204 g/mol. The smallest absolute Gasteiger partial charge is 0.410 e. The molecule has 0 aromatic rings. The van der Waals surface area contributed by atoms with Crippen LogP contribution in [-0.4, -0.2) is 42.3 Å². The Labute approximate surface area is 97.3 Å². The minimum absolute atomic E-state index is 0.00463. The molecule has 0 aromatic carbocycles. The highest BCUT2D eigenvalue weighted by Crippen LogP contribution is 2.61. The third-order valence-corrected chi connectivity index (χ3v) is 3.92. The van der Waals surface area contributed by atoms with E-state index >= 15 is 0 Å². The third-order valence-electron chi connectivity index (χ3n) is 3.92. The lowest BCUT2D eigenvalue weighted by Gasteiger charge is -2.30. The molecule has 2 rings (SSSR count). The molecule has 2 fully saturated rings. The number of fused-ring (bicyclic) bond motifs is 1. The Balaban J connectivity index is 2.04. The Morgan fingerprint density at radius 1 is 1.38 bits per heavy atom. The summed E-state index contributed by atoms with van der Waals surface area (Å²) in [4.78, 5) is 13.8. The number of hydrogen-bond donors (Lipinski definition) is 1. The fraction of sp³-hybridized carbons (Fsp3) is 0.917. The van der Waals surface area contributed by atoms with Gasteiger partial charge >= 0.3 is 6.09 Å². The minimum atomic E-state index is -0.417. The van der Waals surface area contributed by atoms with Crippen molar-refractivity contribution in [3.8, 4) is 0 Å². The van der Waals surface area contributed by atoms with Crippen molar-refractivity contribution in [2.45, 2.75) is 45.3 Å². The van der Waals surface area contributed by atoms with Crippen molar-refractivity contribution in [3.05, 3.63) is 0 Å². The van der Waals surface area contributed by atoms with Crippen molar-refractivity contribution < 1.29 is 9.53 Å². The first-order valence-corrected chi connectivity index (χ1v) is 5.88.